The van der Waals surface area contributed by atoms with E-state index in [-0.39, 0.29) is 0 Å². The Kier molecular flexibility index (Phi) is 2.55. The second-order valence-electron chi connectivity index (χ2n) is 3.47. The molecule has 1 N–H and O–H groups in total. The molecule has 1 aromatic heterocycles. The van der Waals surface area contributed by atoms with Gasteiger partial charge in [-0.25, -0.2) is 0 Å². The molecule has 72 valence electrons. The highest BCUT2D eigenvalue weighted by atomic mass is 79.9. The van der Waals surface area contributed by atoms with E-state index < -0.39 is 0 Å². The summed E-state index contributed by atoms with van der Waals surface area (Å²) in [7, 11) is 0. The first-order chi connectivity index (χ1) is 6.24. The number of hydrogen-bond donors (Lipinski definition) is 1. The van der Waals surface area contributed by atoms with Gasteiger partial charge in [0.05, 0.1) is 0 Å². The van der Waals surface area contributed by atoms with Crippen molar-refractivity contribution in [3.8, 4) is 0 Å². The molecule has 1 fully saturated rings. The number of nitrogens with zero attached hydrogens (tertiary/aromatic N) is 2. The van der Waals surface area contributed by atoms with Crippen LogP contribution in [0.15, 0.2) is 3.92 Å². The maximum absolute atomic E-state index is 4.04. The zero-order valence-electron chi connectivity index (χ0n) is 7.51. The second-order valence-corrected chi connectivity index (χ2v) is 5.73. The van der Waals surface area contributed by atoms with E-state index in [1.807, 2.05) is 0 Å². The average molecular weight is 262 g/mol. The summed E-state index contributed by atoms with van der Waals surface area (Å²) < 4.78 is 0.848. The minimum atomic E-state index is 0.318. The summed E-state index contributed by atoms with van der Waals surface area (Å²) in [4.78, 5) is 0. The highest BCUT2D eigenvalue weighted by molar-refractivity contribution is 9.11. The second kappa shape index (κ2) is 3.53. The molecule has 2 rings (SSSR count). The summed E-state index contributed by atoms with van der Waals surface area (Å²) in [5.74, 6) is 0. The number of hydrogen-bond acceptors (Lipinski definition) is 4. The van der Waals surface area contributed by atoms with Gasteiger partial charge in [0, 0.05) is 5.54 Å². The van der Waals surface area contributed by atoms with Gasteiger partial charge < -0.3 is 5.32 Å². The van der Waals surface area contributed by atoms with Crippen LogP contribution in [0.2, 0.25) is 0 Å². The van der Waals surface area contributed by atoms with Gasteiger partial charge in [-0.2, -0.15) is 0 Å². The lowest BCUT2D eigenvalue weighted by Crippen LogP contribution is -2.44. The van der Waals surface area contributed by atoms with Gasteiger partial charge in [-0.3, -0.25) is 0 Å². The van der Waals surface area contributed by atoms with E-state index in [0.717, 1.165) is 9.05 Å². The molecule has 0 bridgehead atoms. The molecule has 1 aliphatic rings. The standard InChI is InChI=1S/C8H12BrN3S/c1-2-8(4-3-5-8)10-7-12-11-6(9)13-7/h2-5H2,1H3,(H,10,12). The van der Waals surface area contributed by atoms with Crippen molar-refractivity contribution in [2.24, 2.45) is 0 Å². The molecule has 0 amide bonds. The van der Waals surface area contributed by atoms with Crippen LogP contribution in [0.4, 0.5) is 5.13 Å². The highest BCUT2D eigenvalue weighted by Crippen LogP contribution is 2.38. The fraction of sp³-hybridized carbons (Fsp3) is 0.750. The van der Waals surface area contributed by atoms with Gasteiger partial charge in [-0.05, 0) is 41.6 Å². The SMILES string of the molecule is CCC1(Nc2nnc(Br)s2)CCC1. The Morgan fingerprint density at radius 2 is 2.31 bits per heavy atom. The van der Waals surface area contributed by atoms with E-state index >= 15 is 0 Å². The molecule has 0 saturated heterocycles. The minimum absolute atomic E-state index is 0.318. The lowest BCUT2D eigenvalue weighted by molar-refractivity contribution is 0.269. The van der Waals surface area contributed by atoms with E-state index in [2.05, 4.69) is 38.4 Å². The van der Waals surface area contributed by atoms with Gasteiger partial charge in [0.2, 0.25) is 5.13 Å². The van der Waals surface area contributed by atoms with Gasteiger partial charge in [-0.1, -0.05) is 18.3 Å². The molecular weight excluding hydrogens is 250 g/mol. The van der Waals surface area contributed by atoms with Crippen LogP contribution >= 0.6 is 27.3 Å². The number of rotatable bonds is 3. The number of halogens is 1. The number of anilines is 1. The Hall–Kier alpha value is -0.160. The van der Waals surface area contributed by atoms with Crippen molar-refractivity contribution in [3.05, 3.63) is 3.92 Å². The maximum Gasteiger partial charge on any atom is 0.206 e. The lowest BCUT2D eigenvalue weighted by Gasteiger charge is -2.41. The topological polar surface area (TPSA) is 37.8 Å². The lowest BCUT2D eigenvalue weighted by atomic mass is 9.75. The fourth-order valence-corrected chi connectivity index (χ4v) is 2.78. The summed E-state index contributed by atoms with van der Waals surface area (Å²) in [5, 5.41) is 12.4. The molecule has 1 aromatic rings. The first-order valence-electron chi connectivity index (χ1n) is 4.51. The third-order valence-corrected chi connectivity index (χ3v) is 4.03. The number of aromatic nitrogens is 2. The molecule has 1 heterocycles. The Bertz CT molecular complexity index is 290. The molecule has 0 radical (unpaired) electrons. The zero-order chi connectivity index (χ0) is 9.31. The summed E-state index contributed by atoms with van der Waals surface area (Å²) in [5.41, 5.74) is 0.318. The molecular formula is C8H12BrN3S. The van der Waals surface area contributed by atoms with Gasteiger partial charge in [0.15, 0.2) is 3.92 Å². The molecule has 5 heteroatoms. The summed E-state index contributed by atoms with van der Waals surface area (Å²) in [6.45, 7) is 2.22. The van der Waals surface area contributed by atoms with E-state index in [9.17, 15) is 0 Å². The Balaban J connectivity index is 2.04. The molecule has 3 nitrogen and oxygen atoms in total. The van der Waals surface area contributed by atoms with Crippen LogP contribution in [-0.2, 0) is 0 Å². The van der Waals surface area contributed by atoms with Gasteiger partial charge >= 0.3 is 0 Å². The fourth-order valence-electron chi connectivity index (χ4n) is 1.65. The van der Waals surface area contributed by atoms with Crippen LogP contribution in [0.5, 0.6) is 0 Å². The largest absolute Gasteiger partial charge is 0.355 e. The van der Waals surface area contributed by atoms with Crippen molar-refractivity contribution in [1.82, 2.24) is 10.2 Å². The molecule has 1 aliphatic carbocycles. The normalized spacial score (nSPS) is 19.5. The predicted octanol–water partition coefficient (Wildman–Crippen LogP) is 3.05. The van der Waals surface area contributed by atoms with Crippen LogP contribution in [0.3, 0.4) is 0 Å². The van der Waals surface area contributed by atoms with Crippen molar-refractivity contribution in [2.75, 3.05) is 5.32 Å². The smallest absolute Gasteiger partial charge is 0.206 e. The van der Waals surface area contributed by atoms with Crippen LogP contribution < -0.4 is 5.32 Å². The van der Waals surface area contributed by atoms with E-state index in [1.165, 1.54) is 25.7 Å². The minimum Gasteiger partial charge on any atom is -0.355 e. The van der Waals surface area contributed by atoms with Crippen LogP contribution in [-0.4, -0.2) is 15.7 Å². The van der Waals surface area contributed by atoms with Crippen molar-refractivity contribution < 1.29 is 0 Å². The Morgan fingerprint density at radius 1 is 1.54 bits per heavy atom. The van der Waals surface area contributed by atoms with Gasteiger partial charge in [-0.15, -0.1) is 10.2 Å². The van der Waals surface area contributed by atoms with Crippen LogP contribution in [0.25, 0.3) is 0 Å². The van der Waals surface area contributed by atoms with E-state index in [0.29, 0.717) is 5.54 Å². The maximum atomic E-state index is 4.04. The van der Waals surface area contributed by atoms with E-state index in [4.69, 9.17) is 0 Å². The van der Waals surface area contributed by atoms with Crippen molar-refractivity contribution in [3.63, 3.8) is 0 Å². The molecule has 0 aliphatic heterocycles. The first-order valence-corrected chi connectivity index (χ1v) is 6.12. The van der Waals surface area contributed by atoms with Crippen molar-refractivity contribution in [2.45, 2.75) is 38.1 Å². The van der Waals surface area contributed by atoms with Gasteiger partial charge in [0.25, 0.3) is 0 Å². The van der Waals surface area contributed by atoms with Crippen molar-refractivity contribution >= 4 is 32.4 Å². The first kappa shape index (κ1) is 9.40. The third-order valence-electron chi connectivity index (χ3n) is 2.76. The number of nitrogens with one attached hydrogen (secondary N) is 1. The summed E-state index contributed by atoms with van der Waals surface area (Å²) in [6, 6.07) is 0. The monoisotopic (exact) mass is 261 g/mol. The molecule has 13 heavy (non-hydrogen) atoms. The Morgan fingerprint density at radius 3 is 2.69 bits per heavy atom. The predicted molar refractivity (Wildman–Crippen MR) is 58.1 cm³/mol. The van der Waals surface area contributed by atoms with Crippen molar-refractivity contribution in [1.29, 1.82) is 0 Å². The molecule has 0 aromatic carbocycles. The summed E-state index contributed by atoms with van der Waals surface area (Å²) >= 11 is 4.87. The molecule has 0 spiro atoms. The Labute approximate surface area is 90.1 Å². The quantitative estimate of drug-likeness (QED) is 0.909. The van der Waals surface area contributed by atoms with E-state index in [1.54, 1.807) is 11.3 Å². The third kappa shape index (κ3) is 1.86. The molecule has 0 atom stereocenters. The molecule has 1 saturated carbocycles. The van der Waals surface area contributed by atoms with Crippen LogP contribution in [0, 0.1) is 0 Å². The highest BCUT2D eigenvalue weighted by Gasteiger charge is 2.35. The summed E-state index contributed by atoms with van der Waals surface area (Å²) in [6.07, 6.45) is 5.03. The molecule has 0 unspecified atom stereocenters. The average Bonchev–Trinajstić information content (AvgIpc) is 2.44. The van der Waals surface area contributed by atoms with Gasteiger partial charge in [0.1, 0.15) is 0 Å². The zero-order valence-corrected chi connectivity index (χ0v) is 9.91. The van der Waals surface area contributed by atoms with Crippen LogP contribution in [0.1, 0.15) is 32.6 Å².